The zero-order valence-electron chi connectivity index (χ0n) is 9.14. The molecule has 0 amide bonds. The highest BCUT2D eigenvalue weighted by molar-refractivity contribution is 4.93. The molecule has 1 saturated carbocycles. The number of aliphatic hydroxyl groups is 1. The van der Waals surface area contributed by atoms with Gasteiger partial charge in [0.2, 0.25) is 0 Å². The molecule has 0 aromatic rings. The van der Waals surface area contributed by atoms with Crippen LogP contribution in [0.5, 0.6) is 0 Å². The molecule has 1 aliphatic carbocycles. The Morgan fingerprint density at radius 3 is 2.57 bits per heavy atom. The van der Waals surface area contributed by atoms with Crippen LogP contribution in [0.2, 0.25) is 0 Å². The van der Waals surface area contributed by atoms with Crippen molar-refractivity contribution < 1.29 is 5.11 Å². The minimum absolute atomic E-state index is 0.255. The zero-order valence-corrected chi connectivity index (χ0v) is 9.14. The molecule has 0 bridgehead atoms. The van der Waals surface area contributed by atoms with E-state index in [0.29, 0.717) is 6.54 Å². The summed E-state index contributed by atoms with van der Waals surface area (Å²) in [4.78, 5) is 0. The number of nitrogens with zero attached hydrogens (tertiary/aromatic N) is 1. The van der Waals surface area contributed by atoms with Gasteiger partial charge in [0.15, 0.2) is 0 Å². The fourth-order valence-corrected chi connectivity index (χ4v) is 1.54. The first-order chi connectivity index (χ1) is 6.47. The number of nitriles is 1. The summed E-state index contributed by atoms with van der Waals surface area (Å²) in [6.07, 6.45) is 3.81. The van der Waals surface area contributed by atoms with Crippen LogP contribution in [0.25, 0.3) is 0 Å². The van der Waals surface area contributed by atoms with E-state index in [1.807, 2.05) is 13.8 Å². The smallest absolute Gasteiger partial charge is 0.0771 e. The monoisotopic (exact) mass is 196 g/mol. The van der Waals surface area contributed by atoms with Crippen molar-refractivity contribution in [2.24, 2.45) is 5.41 Å². The molecule has 1 fully saturated rings. The summed E-state index contributed by atoms with van der Waals surface area (Å²) < 4.78 is 0. The predicted molar refractivity (Wildman–Crippen MR) is 55.7 cm³/mol. The lowest BCUT2D eigenvalue weighted by atomic mass is 9.80. The Bertz CT molecular complexity index is 226. The molecule has 0 aliphatic heterocycles. The van der Waals surface area contributed by atoms with E-state index in [0.717, 1.165) is 32.2 Å². The first-order valence-electron chi connectivity index (χ1n) is 5.32. The van der Waals surface area contributed by atoms with Crippen LogP contribution in [-0.2, 0) is 0 Å². The Morgan fingerprint density at radius 2 is 2.14 bits per heavy atom. The summed E-state index contributed by atoms with van der Waals surface area (Å²) in [6.45, 7) is 5.36. The van der Waals surface area contributed by atoms with Crippen LogP contribution >= 0.6 is 0 Å². The van der Waals surface area contributed by atoms with Gasteiger partial charge in [-0.3, -0.25) is 0 Å². The Labute approximate surface area is 86.1 Å². The molecule has 0 spiro atoms. The van der Waals surface area contributed by atoms with Crippen molar-refractivity contribution in [3.8, 4) is 6.07 Å². The predicted octanol–water partition coefficient (Wildman–Crippen LogP) is 1.43. The molecular weight excluding hydrogens is 176 g/mol. The van der Waals surface area contributed by atoms with Gasteiger partial charge in [0.25, 0.3) is 0 Å². The van der Waals surface area contributed by atoms with Crippen LogP contribution in [0.15, 0.2) is 0 Å². The van der Waals surface area contributed by atoms with E-state index in [9.17, 15) is 5.11 Å². The molecule has 0 saturated heterocycles. The molecule has 0 heterocycles. The van der Waals surface area contributed by atoms with E-state index < -0.39 is 5.60 Å². The molecule has 3 nitrogen and oxygen atoms in total. The Morgan fingerprint density at radius 1 is 1.50 bits per heavy atom. The zero-order chi connectivity index (χ0) is 10.7. The van der Waals surface area contributed by atoms with Crippen LogP contribution in [0.3, 0.4) is 0 Å². The third-order valence-corrected chi connectivity index (χ3v) is 2.97. The summed E-state index contributed by atoms with van der Waals surface area (Å²) >= 11 is 0. The third kappa shape index (κ3) is 3.28. The Hall–Kier alpha value is -0.590. The van der Waals surface area contributed by atoms with E-state index in [4.69, 9.17) is 5.26 Å². The maximum atomic E-state index is 9.77. The molecule has 2 N–H and O–H groups in total. The summed E-state index contributed by atoms with van der Waals surface area (Å²) in [6, 6.07) is 2.26. The fraction of sp³-hybridized carbons (Fsp3) is 0.909. The van der Waals surface area contributed by atoms with Gasteiger partial charge >= 0.3 is 0 Å². The molecular formula is C11H20N2O. The van der Waals surface area contributed by atoms with Crippen LogP contribution in [0.1, 0.15) is 39.5 Å². The van der Waals surface area contributed by atoms with Gasteiger partial charge in [-0.1, -0.05) is 0 Å². The molecule has 1 rings (SSSR count). The minimum atomic E-state index is -0.448. The van der Waals surface area contributed by atoms with Crippen molar-refractivity contribution in [1.82, 2.24) is 5.32 Å². The maximum Gasteiger partial charge on any atom is 0.0771 e. The molecule has 80 valence electrons. The molecule has 0 aromatic carbocycles. The van der Waals surface area contributed by atoms with E-state index in [2.05, 4.69) is 11.4 Å². The van der Waals surface area contributed by atoms with E-state index in [-0.39, 0.29) is 5.41 Å². The lowest BCUT2D eigenvalue weighted by Gasteiger charge is -2.36. The Kier molecular flexibility index (Phi) is 3.52. The van der Waals surface area contributed by atoms with E-state index in [1.165, 1.54) is 0 Å². The van der Waals surface area contributed by atoms with Gasteiger partial charge in [0.1, 0.15) is 0 Å². The van der Waals surface area contributed by atoms with Crippen molar-refractivity contribution >= 4 is 0 Å². The lowest BCUT2D eigenvalue weighted by molar-refractivity contribution is -0.0313. The second-order valence-corrected chi connectivity index (χ2v) is 5.00. The van der Waals surface area contributed by atoms with Crippen molar-refractivity contribution in [2.45, 2.75) is 45.1 Å². The number of hydrogen-bond donors (Lipinski definition) is 2. The van der Waals surface area contributed by atoms with Crippen molar-refractivity contribution in [1.29, 1.82) is 5.26 Å². The summed E-state index contributed by atoms with van der Waals surface area (Å²) in [5, 5.41) is 21.8. The van der Waals surface area contributed by atoms with Crippen LogP contribution in [0, 0.1) is 16.7 Å². The summed E-state index contributed by atoms with van der Waals surface area (Å²) in [5.74, 6) is 0. The molecule has 14 heavy (non-hydrogen) atoms. The fourth-order valence-electron chi connectivity index (χ4n) is 1.54. The average Bonchev–Trinajstić information content (AvgIpc) is 2.10. The average molecular weight is 196 g/mol. The molecule has 0 atom stereocenters. The highest BCUT2D eigenvalue weighted by Gasteiger charge is 2.33. The Balaban J connectivity index is 2.08. The molecule has 0 unspecified atom stereocenters. The second-order valence-electron chi connectivity index (χ2n) is 5.00. The normalized spacial score (nSPS) is 19.9. The first kappa shape index (κ1) is 11.5. The van der Waals surface area contributed by atoms with Crippen LogP contribution in [-0.4, -0.2) is 23.8 Å². The van der Waals surface area contributed by atoms with Gasteiger partial charge in [-0.05, 0) is 46.1 Å². The quantitative estimate of drug-likeness (QED) is 0.654. The molecule has 1 aliphatic rings. The SMILES string of the molecule is CC(C)(C#N)CCNCC1(O)CCC1. The lowest BCUT2D eigenvalue weighted by Crippen LogP contribution is -2.46. The highest BCUT2D eigenvalue weighted by atomic mass is 16.3. The van der Waals surface area contributed by atoms with Crippen molar-refractivity contribution in [3.05, 3.63) is 0 Å². The first-order valence-corrected chi connectivity index (χ1v) is 5.32. The topological polar surface area (TPSA) is 56.0 Å². The van der Waals surface area contributed by atoms with E-state index >= 15 is 0 Å². The van der Waals surface area contributed by atoms with Gasteiger partial charge in [-0.25, -0.2) is 0 Å². The largest absolute Gasteiger partial charge is 0.389 e. The van der Waals surface area contributed by atoms with Crippen LogP contribution < -0.4 is 5.32 Å². The number of hydrogen-bond acceptors (Lipinski definition) is 3. The highest BCUT2D eigenvalue weighted by Crippen LogP contribution is 2.30. The number of rotatable bonds is 5. The minimum Gasteiger partial charge on any atom is -0.389 e. The molecule has 0 aromatic heterocycles. The second kappa shape index (κ2) is 4.29. The van der Waals surface area contributed by atoms with Gasteiger partial charge in [-0.2, -0.15) is 5.26 Å². The van der Waals surface area contributed by atoms with Gasteiger partial charge in [-0.15, -0.1) is 0 Å². The molecule has 0 radical (unpaired) electrons. The third-order valence-electron chi connectivity index (χ3n) is 2.97. The summed E-state index contributed by atoms with van der Waals surface area (Å²) in [7, 11) is 0. The van der Waals surface area contributed by atoms with E-state index in [1.54, 1.807) is 0 Å². The number of nitrogens with one attached hydrogen (secondary N) is 1. The van der Waals surface area contributed by atoms with Crippen molar-refractivity contribution in [2.75, 3.05) is 13.1 Å². The van der Waals surface area contributed by atoms with Gasteiger partial charge in [0, 0.05) is 6.54 Å². The summed E-state index contributed by atoms with van der Waals surface area (Å²) in [5.41, 5.74) is -0.702. The maximum absolute atomic E-state index is 9.77. The van der Waals surface area contributed by atoms with Gasteiger partial charge < -0.3 is 10.4 Å². The van der Waals surface area contributed by atoms with Gasteiger partial charge in [0.05, 0.1) is 17.1 Å². The van der Waals surface area contributed by atoms with Crippen LogP contribution in [0.4, 0.5) is 0 Å². The van der Waals surface area contributed by atoms with Crippen molar-refractivity contribution in [3.63, 3.8) is 0 Å². The standard InChI is InChI=1S/C11H20N2O/c1-10(2,8-12)6-7-13-9-11(14)4-3-5-11/h13-14H,3-7,9H2,1-2H3. The molecule has 3 heteroatoms.